The van der Waals surface area contributed by atoms with Gasteiger partial charge >= 0.3 is 0 Å². The lowest BCUT2D eigenvalue weighted by atomic mass is 9.96. The maximum Gasteiger partial charge on any atom is 0.243 e. The minimum atomic E-state index is -3.75. The molecule has 1 amide bonds. The van der Waals surface area contributed by atoms with Crippen LogP contribution >= 0.6 is 0 Å². The SMILES string of the molecule is COc1cc(C)c(S(=O)(=O)N(C)CCC(=O)Nc2cnc(N3CCC(CN(C)C)CC3)c(C)c2)c(C)c1. The lowest BCUT2D eigenvalue weighted by molar-refractivity contribution is -0.116. The first kappa shape index (κ1) is 28.9. The van der Waals surface area contributed by atoms with Crippen molar-refractivity contribution in [1.29, 1.82) is 0 Å². The van der Waals surface area contributed by atoms with Gasteiger partial charge in [0, 0.05) is 39.6 Å². The van der Waals surface area contributed by atoms with Crippen LogP contribution in [0, 0.1) is 26.7 Å². The lowest BCUT2D eigenvalue weighted by Crippen LogP contribution is -2.37. The van der Waals surface area contributed by atoms with E-state index in [2.05, 4.69) is 34.2 Å². The van der Waals surface area contributed by atoms with Crippen LogP contribution in [0.4, 0.5) is 11.5 Å². The third-order valence-corrected chi connectivity index (χ3v) is 9.03. The van der Waals surface area contributed by atoms with E-state index in [1.165, 1.54) is 11.4 Å². The summed E-state index contributed by atoms with van der Waals surface area (Å²) in [6, 6.07) is 5.33. The number of sulfonamides is 1. The summed E-state index contributed by atoms with van der Waals surface area (Å²) in [5.41, 5.74) is 2.84. The summed E-state index contributed by atoms with van der Waals surface area (Å²) in [5, 5.41) is 2.86. The number of aromatic nitrogens is 1. The molecule has 0 saturated carbocycles. The summed E-state index contributed by atoms with van der Waals surface area (Å²) in [6.45, 7) is 8.62. The second-order valence-corrected chi connectivity index (χ2v) is 12.3. The Morgan fingerprint density at radius 3 is 2.24 bits per heavy atom. The van der Waals surface area contributed by atoms with Crippen molar-refractivity contribution in [1.82, 2.24) is 14.2 Å². The Kier molecular flexibility index (Phi) is 9.55. The molecule has 1 aromatic carbocycles. The zero-order chi connectivity index (χ0) is 27.3. The molecule has 2 heterocycles. The summed E-state index contributed by atoms with van der Waals surface area (Å²) in [6.07, 6.45) is 3.99. The maximum atomic E-state index is 13.2. The van der Waals surface area contributed by atoms with E-state index in [0.717, 1.165) is 43.9 Å². The van der Waals surface area contributed by atoms with Crippen LogP contribution in [0.3, 0.4) is 0 Å². The molecule has 1 fully saturated rings. The van der Waals surface area contributed by atoms with Crippen LogP contribution in [-0.2, 0) is 14.8 Å². The number of rotatable bonds is 10. The van der Waals surface area contributed by atoms with Gasteiger partial charge in [-0.1, -0.05) is 0 Å². The number of carbonyl (C=O) groups excluding carboxylic acids is 1. The van der Waals surface area contributed by atoms with E-state index in [4.69, 9.17) is 4.74 Å². The summed E-state index contributed by atoms with van der Waals surface area (Å²) in [4.78, 5) is 22.1. The van der Waals surface area contributed by atoms with Crippen molar-refractivity contribution < 1.29 is 17.9 Å². The van der Waals surface area contributed by atoms with Crippen molar-refractivity contribution in [3.05, 3.63) is 41.1 Å². The molecule has 0 radical (unpaired) electrons. The Hall–Kier alpha value is -2.69. The quantitative estimate of drug-likeness (QED) is 0.502. The second-order valence-electron chi connectivity index (χ2n) is 10.3. The van der Waals surface area contributed by atoms with Crippen LogP contribution < -0.4 is 15.0 Å². The van der Waals surface area contributed by atoms with Crippen molar-refractivity contribution in [3.8, 4) is 5.75 Å². The number of anilines is 2. The van der Waals surface area contributed by atoms with Crippen LogP contribution in [-0.4, -0.2) is 82.9 Å². The van der Waals surface area contributed by atoms with Gasteiger partial charge in [-0.25, -0.2) is 17.7 Å². The second kappa shape index (κ2) is 12.2. The summed E-state index contributed by atoms with van der Waals surface area (Å²) >= 11 is 0. The number of hydrogen-bond acceptors (Lipinski definition) is 7. The molecule has 1 N–H and O–H groups in total. The van der Waals surface area contributed by atoms with Gasteiger partial charge in [0.25, 0.3) is 0 Å². The molecule has 1 saturated heterocycles. The van der Waals surface area contributed by atoms with Crippen LogP contribution in [0.25, 0.3) is 0 Å². The Balaban J connectivity index is 1.57. The fourth-order valence-electron chi connectivity index (χ4n) is 5.00. The van der Waals surface area contributed by atoms with Gasteiger partial charge in [-0.05, 0) is 88.5 Å². The Labute approximate surface area is 221 Å². The van der Waals surface area contributed by atoms with Crippen LogP contribution in [0.15, 0.2) is 29.3 Å². The number of pyridine rings is 1. The minimum absolute atomic E-state index is 0.0319. The number of nitrogens with zero attached hydrogens (tertiary/aromatic N) is 4. The average Bonchev–Trinajstić information content (AvgIpc) is 2.82. The fourth-order valence-corrected chi connectivity index (χ4v) is 6.58. The van der Waals surface area contributed by atoms with E-state index in [-0.39, 0.29) is 23.8 Å². The topological polar surface area (TPSA) is 95.1 Å². The van der Waals surface area contributed by atoms with Crippen LogP contribution in [0.5, 0.6) is 5.75 Å². The summed E-state index contributed by atoms with van der Waals surface area (Å²) in [5.74, 6) is 2.02. The first-order chi connectivity index (χ1) is 17.4. The Morgan fingerprint density at radius 1 is 1.08 bits per heavy atom. The highest BCUT2D eigenvalue weighted by Gasteiger charge is 2.26. The molecule has 1 aliphatic rings. The number of carbonyl (C=O) groups is 1. The highest BCUT2D eigenvalue weighted by molar-refractivity contribution is 7.89. The molecule has 10 heteroatoms. The number of hydrogen-bond donors (Lipinski definition) is 1. The highest BCUT2D eigenvalue weighted by atomic mass is 32.2. The average molecular weight is 532 g/mol. The molecule has 0 aliphatic carbocycles. The van der Waals surface area contributed by atoms with Crippen molar-refractivity contribution in [2.24, 2.45) is 5.92 Å². The molecular formula is C27H41N5O4S. The number of aryl methyl sites for hydroxylation is 3. The van der Waals surface area contributed by atoms with E-state index in [0.29, 0.717) is 28.5 Å². The normalized spacial score (nSPS) is 14.9. The number of piperidine rings is 1. The molecule has 37 heavy (non-hydrogen) atoms. The predicted octanol–water partition coefficient (Wildman–Crippen LogP) is 3.44. The molecule has 204 valence electrons. The van der Waals surface area contributed by atoms with Gasteiger partial charge in [0.1, 0.15) is 11.6 Å². The van der Waals surface area contributed by atoms with Gasteiger partial charge in [0.05, 0.1) is 23.9 Å². The van der Waals surface area contributed by atoms with Crippen molar-refractivity contribution in [3.63, 3.8) is 0 Å². The molecule has 0 unspecified atom stereocenters. The Bertz CT molecular complexity index is 1180. The minimum Gasteiger partial charge on any atom is -0.497 e. The third-order valence-electron chi connectivity index (χ3n) is 6.86. The van der Waals surface area contributed by atoms with Crippen LogP contribution in [0.1, 0.15) is 36.0 Å². The maximum absolute atomic E-state index is 13.2. The molecule has 1 aromatic heterocycles. The summed E-state index contributed by atoms with van der Waals surface area (Å²) < 4.78 is 32.8. The fraction of sp³-hybridized carbons (Fsp3) is 0.556. The molecule has 1 aliphatic heterocycles. The monoisotopic (exact) mass is 531 g/mol. The van der Waals surface area contributed by atoms with Gasteiger partial charge in [0.2, 0.25) is 15.9 Å². The van der Waals surface area contributed by atoms with Gasteiger partial charge < -0.3 is 19.9 Å². The van der Waals surface area contributed by atoms with E-state index >= 15 is 0 Å². The van der Waals surface area contributed by atoms with E-state index < -0.39 is 10.0 Å². The van der Waals surface area contributed by atoms with E-state index in [9.17, 15) is 13.2 Å². The number of amides is 1. The van der Waals surface area contributed by atoms with Crippen molar-refractivity contribution in [2.45, 2.75) is 44.9 Å². The summed E-state index contributed by atoms with van der Waals surface area (Å²) in [7, 11) is 3.52. The molecular weight excluding hydrogens is 490 g/mol. The Morgan fingerprint density at radius 2 is 1.70 bits per heavy atom. The van der Waals surface area contributed by atoms with Crippen molar-refractivity contribution >= 4 is 27.4 Å². The molecule has 2 aromatic rings. The zero-order valence-electron chi connectivity index (χ0n) is 23.2. The van der Waals surface area contributed by atoms with Gasteiger partial charge in [-0.15, -0.1) is 0 Å². The first-order valence-corrected chi connectivity index (χ1v) is 14.1. The van der Waals surface area contributed by atoms with Gasteiger partial charge in [0.15, 0.2) is 0 Å². The lowest BCUT2D eigenvalue weighted by Gasteiger charge is -2.34. The molecule has 0 bridgehead atoms. The van der Waals surface area contributed by atoms with Crippen LogP contribution in [0.2, 0.25) is 0 Å². The molecule has 3 rings (SSSR count). The predicted molar refractivity (Wildman–Crippen MR) is 148 cm³/mol. The molecule has 9 nitrogen and oxygen atoms in total. The number of nitrogens with one attached hydrogen (secondary N) is 1. The standard InChI is InChI=1S/C27H41N5O4S/c1-19-15-24(36-7)16-20(2)26(19)37(34,35)31(6)11-10-25(33)29-23-14-21(3)27(28-17-23)32-12-8-22(9-13-32)18-30(4)5/h14-17,22H,8-13,18H2,1-7H3,(H,29,33). The van der Waals surface area contributed by atoms with E-state index in [1.807, 2.05) is 13.0 Å². The third kappa shape index (κ3) is 7.21. The number of methoxy groups -OCH3 is 1. The van der Waals surface area contributed by atoms with Crippen molar-refractivity contribution in [2.75, 3.05) is 64.6 Å². The van der Waals surface area contributed by atoms with E-state index in [1.54, 1.807) is 39.3 Å². The molecule has 0 atom stereocenters. The molecule has 0 spiro atoms. The highest BCUT2D eigenvalue weighted by Crippen LogP contribution is 2.28. The smallest absolute Gasteiger partial charge is 0.243 e. The van der Waals surface area contributed by atoms with Gasteiger partial charge in [-0.2, -0.15) is 0 Å². The van der Waals surface area contributed by atoms with Gasteiger partial charge in [-0.3, -0.25) is 4.79 Å². The number of benzene rings is 1. The first-order valence-electron chi connectivity index (χ1n) is 12.7. The number of ether oxygens (including phenoxy) is 1. The largest absolute Gasteiger partial charge is 0.497 e. The zero-order valence-corrected chi connectivity index (χ0v) is 24.0.